The van der Waals surface area contributed by atoms with Crippen LogP contribution < -0.4 is 0 Å². The second-order valence-corrected chi connectivity index (χ2v) is 4.92. The van der Waals surface area contributed by atoms with E-state index < -0.39 is 5.97 Å². The molecule has 4 nitrogen and oxygen atoms in total. The largest absolute Gasteiger partial charge is 0.478 e. The molecule has 0 aliphatic carbocycles. The van der Waals surface area contributed by atoms with Crippen molar-refractivity contribution in [2.24, 2.45) is 5.41 Å². The van der Waals surface area contributed by atoms with Crippen molar-refractivity contribution in [3.05, 3.63) is 24.3 Å². The summed E-state index contributed by atoms with van der Waals surface area (Å²) in [7, 11) is 1.33. The molecular weight excluding hydrogens is 220 g/mol. The molecule has 0 amide bonds. The first kappa shape index (κ1) is 17.8. The Kier molecular flexibility index (Phi) is 8.02. The lowest BCUT2D eigenvalue weighted by Gasteiger charge is -2.17. The third kappa shape index (κ3) is 12.4. The number of hydrogen-bond acceptors (Lipinski definition) is 3. The van der Waals surface area contributed by atoms with Gasteiger partial charge in [-0.1, -0.05) is 33.9 Å². The molecule has 0 fully saturated rings. The summed E-state index contributed by atoms with van der Waals surface area (Å²) in [6, 6.07) is 0. The normalized spacial score (nSPS) is 9.71. The molecule has 0 heterocycles. The zero-order chi connectivity index (χ0) is 14.2. The number of rotatable bonds is 3. The summed E-state index contributed by atoms with van der Waals surface area (Å²) in [4.78, 5) is 20.5. The number of aliphatic carboxylic acids is 1. The molecule has 0 rings (SSSR count). The highest BCUT2D eigenvalue weighted by molar-refractivity contribution is 5.86. The Morgan fingerprint density at radius 3 is 1.71 bits per heavy atom. The number of carboxylic acid groups (broad SMARTS) is 1. The minimum Gasteiger partial charge on any atom is -0.478 e. The van der Waals surface area contributed by atoms with Gasteiger partial charge in [0.05, 0.1) is 7.11 Å². The van der Waals surface area contributed by atoms with Gasteiger partial charge in [-0.05, 0) is 18.8 Å². The van der Waals surface area contributed by atoms with E-state index in [2.05, 4.69) is 17.9 Å². The molecule has 0 atom stereocenters. The smallest absolute Gasteiger partial charge is 0.332 e. The number of hydrogen-bond donors (Lipinski definition) is 1. The highest BCUT2D eigenvalue weighted by Gasteiger charge is 2.15. The minimum atomic E-state index is -0.894. The van der Waals surface area contributed by atoms with Gasteiger partial charge in [0.25, 0.3) is 0 Å². The van der Waals surface area contributed by atoms with Gasteiger partial charge in [0.2, 0.25) is 0 Å². The summed E-state index contributed by atoms with van der Waals surface area (Å²) in [6.07, 6.45) is 0.544. The van der Waals surface area contributed by atoms with Crippen LogP contribution in [0.15, 0.2) is 24.3 Å². The predicted octanol–water partition coefficient (Wildman–Crippen LogP) is 2.80. The van der Waals surface area contributed by atoms with Gasteiger partial charge in [-0.25, -0.2) is 9.59 Å². The van der Waals surface area contributed by atoms with Crippen LogP contribution in [-0.4, -0.2) is 24.2 Å². The Labute approximate surface area is 103 Å². The van der Waals surface area contributed by atoms with Gasteiger partial charge < -0.3 is 9.84 Å². The highest BCUT2D eigenvalue weighted by atomic mass is 16.5. The molecule has 0 aliphatic rings. The molecule has 0 unspecified atom stereocenters. The van der Waals surface area contributed by atoms with Crippen LogP contribution in [-0.2, 0) is 14.3 Å². The maximum Gasteiger partial charge on any atom is 0.332 e. The standard InChI is InChI=1S/C8H14O2.C5H8O2/c1-6(7(9)10)5-8(2,3)4;1-4(2)5(6)7-3/h1,5H2,2-4H3,(H,9,10);1H2,2-3H3. The number of methoxy groups -OCH3 is 1. The van der Waals surface area contributed by atoms with Crippen LogP contribution in [0.25, 0.3) is 0 Å². The van der Waals surface area contributed by atoms with E-state index in [0.29, 0.717) is 12.0 Å². The molecule has 1 N–H and O–H groups in total. The summed E-state index contributed by atoms with van der Waals surface area (Å²) >= 11 is 0. The fourth-order valence-electron chi connectivity index (χ4n) is 0.890. The van der Waals surface area contributed by atoms with E-state index >= 15 is 0 Å². The third-order valence-corrected chi connectivity index (χ3v) is 1.58. The Hall–Kier alpha value is -1.58. The monoisotopic (exact) mass is 242 g/mol. The van der Waals surface area contributed by atoms with E-state index in [1.165, 1.54) is 7.11 Å². The van der Waals surface area contributed by atoms with Crippen LogP contribution in [0.4, 0.5) is 0 Å². The predicted molar refractivity (Wildman–Crippen MR) is 67.7 cm³/mol. The van der Waals surface area contributed by atoms with Gasteiger partial charge in [-0.2, -0.15) is 0 Å². The van der Waals surface area contributed by atoms with Crippen LogP contribution >= 0.6 is 0 Å². The number of carbonyl (C=O) groups excluding carboxylic acids is 1. The molecule has 0 aromatic rings. The van der Waals surface area contributed by atoms with Gasteiger partial charge in [0.1, 0.15) is 0 Å². The van der Waals surface area contributed by atoms with Gasteiger partial charge in [-0.15, -0.1) is 0 Å². The SMILES string of the molecule is C=C(C)C(=O)OC.C=C(CC(C)(C)C)C(=O)O. The van der Waals surface area contributed by atoms with E-state index in [1.54, 1.807) is 6.92 Å². The molecule has 0 saturated carbocycles. The van der Waals surface area contributed by atoms with Crippen molar-refractivity contribution in [3.63, 3.8) is 0 Å². The van der Waals surface area contributed by atoms with Crippen LogP contribution in [0.2, 0.25) is 0 Å². The summed E-state index contributed by atoms with van der Waals surface area (Å²) < 4.78 is 4.27. The molecule has 0 aliphatic heterocycles. The van der Waals surface area contributed by atoms with Crippen LogP contribution in [0, 0.1) is 5.41 Å². The summed E-state index contributed by atoms with van der Waals surface area (Å²) in [6.45, 7) is 14.4. The van der Waals surface area contributed by atoms with Crippen molar-refractivity contribution in [1.29, 1.82) is 0 Å². The maximum absolute atomic E-state index is 10.3. The zero-order valence-corrected chi connectivity index (χ0v) is 11.3. The van der Waals surface area contributed by atoms with E-state index in [0.717, 1.165) is 0 Å². The lowest BCUT2D eigenvalue weighted by atomic mass is 9.88. The molecule has 0 aromatic carbocycles. The summed E-state index contributed by atoms with van der Waals surface area (Å²) in [5.74, 6) is -1.24. The van der Waals surface area contributed by atoms with Crippen molar-refractivity contribution < 1.29 is 19.4 Å². The van der Waals surface area contributed by atoms with E-state index in [1.807, 2.05) is 20.8 Å². The fourth-order valence-corrected chi connectivity index (χ4v) is 0.890. The lowest BCUT2D eigenvalue weighted by Crippen LogP contribution is -2.10. The molecule has 0 aromatic heterocycles. The van der Waals surface area contributed by atoms with Crippen LogP contribution in [0.3, 0.4) is 0 Å². The zero-order valence-electron chi connectivity index (χ0n) is 11.3. The number of esters is 1. The average molecular weight is 242 g/mol. The van der Waals surface area contributed by atoms with Crippen LogP contribution in [0.1, 0.15) is 34.1 Å². The Bertz CT molecular complexity index is 308. The first-order valence-electron chi connectivity index (χ1n) is 5.16. The second-order valence-electron chi connectivity index (χ2n) is 4.92. The number of ether oxygens (including phenoxy) is 1. The third-order valence-electron chi connectivity index (χ3n) is 1.58. The van der Waals surface area contributed by atoms with E-state index in [4.69, 9.17) is 5.11 Å². The first-order valence-corrected chi connectivity index (χ1v) is 5.16. The van der Waals surface area contributed by atoms with Crippen LogP contribution in [0.5, 0.6) is 0 Å². The first-order chi connectivity index (χ1) is 7.51. The molecule has 0 spiro atoms. The van der Waals surface area contributed by atoms with Crippen molar-refractivity contribution in [1.82, 2.24) is 0 Å². The molecule has 0 radical (unpaired) electrons. The summed E-state index contributed by atoms with van der Waals surface area (Å²) in [5.41, 5.74) is 0.741. The van der Waals surface area contributed by atoms with Crippen molar-refractivity contribution in [2.75, 3.05) is 7.11 Å². The quantitative estimate of drug-likeness (QED) is 0.610. The Morgan fingerprint density at radius 2 is 1.65 bits per heavy atom. The van der Waals surface area contributed by atoms with Crippen molar-refractivity contribution in [2.45, 2.75) is 34.1 Å². The van der Waals surface area contributed by atoms with Gasteiger partial charge in [0, 0.05) is 11.1 Å². The van der Waals surface area contributed by atoms with Gasteiger partial charge in [0.15, 0.2) is 0 Å². The highest BCUT2D eigenvalue weighted by Crippen LogP contribution is 2.22. The molecule has 98 valence electrons. The van der Waals surface area contributed by atoms with Gasteiger partial charge in [-0.3, -0.25) is 0 Å². The summed E-state index contributed by atoms with van der Waals surface area (Å²) in [5, 5.41) is 8.45. The molecule has 17 heavy (non-hydrogen) atoms. The van der Waals surface area contributed by atoms with E-state index in [-0.39, 0.29) is 17.0 Å². The van der Waals surface area contributed by atoms with E-state index in [9.17, 15) is 9.59 Å². The molecular formula is C13H22O4. The number of carboxylic acids is 1. The topological polar surface area (TPSA) is 63.6 Å². The fraction of sp³-hybridized carbons (Fsp3) is 0.538. The number of carbonyl (C=O) groups is 2. The maximum atomic E-state index is 10.3. The second kappa shape index (κ2) is 7.65. The minimum absolute atomic E-state index is 0.0233. The molecule has 0 bridgehead atoms. The average Bonchev–Trinajstić information content (AvgIpc) is 2.14. The van der Waals surface area contributed by atoms with Gasteiger partial charge >= 0.3 is 11.9 Å². The van der Waals surface area contributed by atoms with Crippen molar-refractivity contribution >= 4 is 11.9 Å². The molecule has 4 heteroatoms. The molecule has 0 saturated heterocycles. The lowest BCUT2D eigenvalue weighted by molar-refractivity contribution is -0.136. The Balaban J connectivity index is 0. The Morgan fingerprint density at radius 1 is 1.24 bits per heavy atom. The van der Waals surface area contributed by atoms with Crippen molar-refractivity contribution in [3.8, 4) is 0 Å².